The molecule has 1 aliphatic carbocycles. The molecule has 134 valence electrons. The van der Waals surface area contributed by atoms with Crippen LogP contribution in [0.15, 0.2) is 18.2 Å². The zero-order valence-corrected chi connectivity index (χ0v) is 15.5. The highest BCUT2D eigenvalue weighted by molar-refractivity contribution is 6.31. The van der Waals surface area contributed by atoms with Crippen LogP contribution >= 0.6 is 11.6 Å². The van der Waals surface area contributed by atoms with E-state index < -0.39 is 0 Å². The Morgan fingerprint density at radius 2 is 2.16 bits per heavy atom. The van der Waals surface area contributed by atoms with E-state index >= 15 is 0 Å². The molecule has 0 spiro atoms. The first kappa shape index (κ1) is 16.9. The van der Waals surface area contributed by atoms with Crippen molar-refractivity contribution in [2.45, 2.75) is 50.7 Å². The summed E-state index contributed by atoms with van der Waals surface area (Å²) in [6.07, 6.45) is 5.80. The molecule has 25 heavy (non-hydrogen) atoms. The van der Waals surface area contributed by atoms with Gasteiger partial charge < -0.3 is 9.30 Å². The summed E-state index contributed by atoms with van der Waals surface area (Å²) in [7, 11) is 3.51. The Hall–Kier alpha value is -1.59. The first-order valence-electron chi connectivity index (χ1n) is 9.03. The SMILES string of the molecule is COC(=O)C1CC2CCCCC2N1Cc1nc2cc(Cl)ccc2n1C. The lowest BCUT2D eigenvalue weighted by Gasteiger charge is -2.32. The number of likely N-dealkylation sites (tertiary alicyclic amines) is 1. The van der Waals surface area contributed by atoms with Crippen molar-refractivity contribution in [3.05, 3.63) is 29.0 Å². The Kier molecular flexibility index (Phi) is 4.46. The van der Waals surface area contributed by atoms with E-state index in [4.69, 9.17) is 21.3 Å². The number of ether oxygens (including phenoxy) is 1. The van der Waals surface area contributed by atoms with Gasteiger partial charge in [-0.15, -0.1) is 0 Å². The third kappa shape index (κ3) is 2.93. The zero-order valence-electron chi connectivity index (χ0n) is 14.7. The van der Waals surface area contributed by atoms with Crippen molar-refractivity contribution in [1.29, 1.82) is 0 Å². The summed E-state index contributed by atoms with van der Waals surface area (Å²) in [5.74, 6) is 1.45. The number of carbonyl (C=O) groups excluding carboxylic acids is 1. The summed E-state index contributed by atoms with van der Waals surface area (Å²) in [4.78, 5) is 19.5. The summed E-state index contributed by atoms with van der Waals surface area (Å²) in [5, 5.41) is 0.693. The molecule has 6 heteroatoms. The molecular weight excluding hydrogens is 338 g/mol. The van der Waals surface area contributed by atoms with Crippen LogP contribution in [0.25, 0.3) is 11.0 Å². The van der Waals surface area contributed by atoms with Gasteiger partial charge in [-0.1, -0.05) is 24.4 Å². The van der Waals surface area contributed by atoms with E-state index in [0.717, 1.165) is 29.7 Å². The largest absolute Gasteiger partial charge is 0.468 e. The van der Waals surface area contributed by atoms with Gasteiger partial charge in [0.2, 0.25) is 0 Å². The average Bonchev–Trinajstić information content (AvgIpc) is 3.13. The quantitative estimate of drug-likeness (QED) is 0.784. The van der Waals surface area contributed by atoms with Gasteiger partial charge in [0.05, 0.1) is 24.7 Å². The van der Waals surface area contributed by atoms with Crippen LogP contribution in [0.3, 0.4) is 0 Å². The number of hydrogen-bond acceptors (Lipinski definition) is 4. The lowest BCUT2D eigenvalue weighted by molar-refractivity contribution is -0.146. The molecule has 0 amide bonds. The summed E-state index contributed by atoms with van der Waals surface area (Å²) >= 11 is 6.10. The normalized spacial score (nSPS) is 26.8. The monoisotopic (exact) mass is 361 g/mol. The van der Waals surface area contributed by atoms with Gasteiger partial charge in [0, 0.05) is 18.1 Å². The molecule has 1 aliphatic heterocycles. The fourth-order valence-corrected chi connectivity index (χ4v) is 4.84. The summed E-state index contributed by atoms with van der Waals surface area (Å²) < 4.78 is 7.20. The number of aromatic nitrogens is 2. The van der Waals surface area contributed by atoms with Crippen LogP contribution in [0.4, 0.5) is 0 Å². The number of imidazole rings is 1. The Morgan fingerprint density at radius 3 is 2.96 bits per heavy atom. The molecule has 3 unspecified atom stereocenters. The van der Waals surface area contributed by atoms with Crippen LogP contribution in [0.5, 0.6) is 0 Å². The predicted molar refractivity (Wildman–Crippen MR) is 97.4 cm³/mol. The van der Waals surface area contributed by atoms with Crippen LogP contribution in [0, 0.1) is 5.92 Å². The van der Waals surface area contributed by atoms with E-state index in [9.17, 15) is 4.79 Å². The van der Waals surface area contributed by atoms with Crippen LogP contribution in [0.1, 0.15) is 37.9 Å². The Labute approximate surface area is 152 Å². The van der Waals surface area contributed by atoms with Gasteiger partial charge in [-0.2, -0.15) is 0 Å². The van der Waals surface area contributed by atoms with Gasteiger partial charge in [0.25, 0.3) is 0 Å². The van der Waals surface area contributed by atoms with Gasteiger partial charge in [-0.3, -0.25) is 9.69 Å². The van der Waals surface area contributed by atoms with Gasteiger partial charge in [-0.25, -0.2) is 4.98 Å². The fraction of sp³-hybridized carbons (Fsp3) is 0.579. The minimum absolute atomic E-state index is 0.115. The first-order valence-corrected chi connectivity index (χ1v) is 9.40. The van der Waals surface area contributed by atoms with Crippen LogP contribution in [-0.4, -0.2) is 39.6 Å². The van der Waals surface area contributed by atoms with Crippen molar-refractivity contribution in [2.24, 2.45) is 13.0 Å². The van der Waals surface area contributed by atoms with E-state index in [1.54, 1.807) is 0 Å². The topological polar surface area (TPSA) is 47.4 Å². The summed E-state index contributed by atoms with van der Waals surface area (Å²) in [6.45, 7) is 0.670. The maximum absolute atomic E-state index is 12.4. The molecule has 0 bridgehead atoms. The highest BCUT2D eigenvalue weighted by Crippen LogP contribution is 2.41. The minimum Gasteiger partial charge on any atom is -0.468 e. The smallest absolute Gasteiger partial charge is 0.323 e. The summed E-state index contributed by atoms with van der Waals surface area (Å²) in [6, 6.07) is 6.09. The lowest BCUT2D eigenvalue weighted by Crippen LogP contribution is -2.42. The van der Waals surface area contributed by atoms with Crippen molar-refractivity contribution < 1.29 is 9.53 Å². The van der Waals surface area contributed by atoms with Crippen LogP contribution < -0.4 is 0 Å². The molecule has 2 fully saturated rings. The standard InChI is InChI=1S/C19H24ClN3O2/c1-22-16-8-7-13(20)10-14(16)21-18(22)11-23-15-6-4-3-5-12(15)9-17(23)19(24)25-2/h7-8,10,12,15,17H,3-6,9,11H2,1-2H3. The molecule has 1 saturated carbocycles. The van der Waals surface area contributed by atoms with Crippen molar-refractivity contribution in [1.82, 2.24) is 14.5 Å². The molecule has 1 aromatic carbocycles. The average molecular weight is 362 g/mol. The molecule has 1 aromatic heterocycles. The maximum atomic E-state index is 12.4. The molecule has 0 N–H and O–H groups in total. The van der Waals surface area contributed by atoms with Crippen molar-refractivity contribution in [2.75, 3.05) is 7.11 Å². The predicted octanol–water partition coefficient (Wildman–Crippen LogP) is 3.53. The van der Waals surface area contributed by atoms with E-state index in [1.807, 2.05) is 25.2 Å². The number of hydrogen-bond donors (Lipinski definition) is 0. The van der Waals surface area contributed by atoms with E-state index in [2.05, 4.69) is 9.47 Å². The minimum atomic E-state index is -0.151. The van der Waals surface area contributed by atoms with Crippen LogP contribution in [0.2, 0.25) is 5.02 Å². The number of nitrogens with zero attached hydrogens (tertiary/aromatic N) is 3. The van der Waals surface area contributed by atoms with Crippen molar-refractivity contribution in [3.8, 4) is 0 Å². The Bertz CT molecular complexity index is 803. The van der Waals surface area contributed by atoms with Crippen LogP contribution in [-0.2, 0) is 23.1 Å². The zero-order chi connectivity index (χ0) is 17.6. The molecule has 2 aromatic rings. The molecule has 1 saturated heterocycles. The molecule has 0 radical (unpaired) electrons. The van der Waals surface area contributed by atoms with Gasteiger partial charge in [0.1, 0.15) is 11.9 Å². The third-order valence-electron chi connectivity index (χ3n) is 5.95. The van der Waals surface area contributed by atoms with Crippen molar-refractivity contribution in [3.63, 3.8) is 0 Å². The van der Waals surface area contributed by atoms with Crippen molar-refractivity contribution >= 4 is 28.6 Å². The second-order valence-corrected chi connectivity index (χ2v) is 7.72. The lowest BCUT2D eigenvalue weighted by atomic mass is 9.85. The number of fused-ring (bicyclic) bond motifs is 2. The molecule has 5 nitrogen and oxygen atoms in total. The number of rotatable bonds is 3. The maximum Gasteiger partial charge on any atom is 0.323 e. The van der Waals surface area contributed by atoms with E-state index in [0.29, 0.717) is 23.5 Å². The molecule has 3 atom stereocenters. The number of esters is 1. The number of carbonyl (C=O) groups is 1. The molecular formula is C19H24ClN3O2. The highest BCUT2D eigenvalue weighted by atomic mass is 35.5. The number of halogens is 1. The molecule has 2 aliphatic rings. The highest BCUT2D eigenvalue weighted by Gasteiger charge is 2.45. The Balaban J connectivity index is 1.67. The number of benzene rings is 1. The molecule has 2 heterocycles. The fourth-order valence-electron chi connectivity index (χ4n) is 4.68. The molecule has 4 rings (SSSR count). The summed E-state index contributed by atoms with van der Waals surface area (Å²) in [5.41, 5.74) is 1.97. The first-order chi connectivity index (χ1) is 12.1. The van der Waals surface area contributed by atoms with E-state index in [-0.39, 0.29) is 12.0 Å². The van der Waals surface area contributed by atoms with E-state index in [1.165, 1.54) is 26.4 Å². The third-order valence-corrected chi connectivity index (χ3v) is 6.19. The number of methoxy groups -OCH3 is 1. The van der Waals surface area contributed by atoms with Gasteiger partial charge in [0.15, 0.2) is 0 Å². The second-order valence-electron chi connectivity index (χ2n) is 7.28. The van der Waals surface area contributed by atoms with Gasteiger partial charge >= 0.3 is 5.97 Å². The number of aryl methyl sites for hydroxylation is 1. The second kappa shape index (κ2) is 6.61. The Morgan fingerprint density at radius 1 is 1.36 bits per heavy atom. The van der Waals surface area contributed by atoms with Gasteiger partial charge in [-0.05, 0) is 43.4 Å².